The molecule has 4 heteroatoms. The second kappa shape index (κ2) is 7.98. The van der Waals surface area contributed by atoms with Crippen molar-refractivity contribution in [2.45, 2.75) is 6.92 Å². The van der Waals surface area contributed by atoms with Crippen molar-refractivity contribution < 1.29 is 5.11 Å². The molecule has 0 unspecified atom stereocenters. The van der Waals surface area contributed by atoms with Gasteiger partial charge in [-0.3, -0.25) is 9.36 Å². The molecule has 1 N–H and O–H groups in total. The van der Waals surface area contributed by atoms with E-state index in [0.717, 1.165) is 22.5 Å². The summed E-state index contributed by atoms with van der Waals surface area (Å²) in [4.78, 5) is 17.3. The Morgan fingerprint density at radius 2 is 1.45 bits per heavy atom. The summed E-state index contributed by atoms with van der Waals surface area (Å²) in [5.74, 6) is 0.760. The van der Waals surface area contributed by atoms with Gasteiger partial charge in [-0.25, -0.2) is 0 Å². The molecule has 29 heavy (non-hydrogen) atoms. The first-order chi connectivity index (χ1) is 14.1. The maximum absolute atomic E-state index is 12.9. The minimum absolute atomic E-state index is 0.213. The number of hydrogen-bond acceptors (Lipinski definition) is 3. The number of hydrogen-bond donors (Lipinski definition) is 1. The topological polar surface area (TPSA) is 55.1 Å². The number of aromatic nitrogens is 2. The molecule has 0 aliphatic carbocycles. The molecule has 1 aromatic heterocycles. The highest BCUT2D eigenvalue weighted by molar-refractivity contribution is 5.71. The molecule has 3 aromatic carbocycles. The van der Waals surface area contributed by atoms with Crippen LogP contribution in [0.5, 0.6) is 5.75 Å². The molecule has 0 spiro atoms. The van der Waals surface area contributed by atoms with Crippen molar-refractivity contribution in [3.63, 3.8) is 0 Å². The first-order valence-corrected chi connectivity index (χ1v) is 9.35. The molecular weight excluding hydrogens is 360 g/mol. The van der Waals surface area contributed by atoms with Crippen LogP contribution in [-0.2, 0) is 0 Å². The Balaban J connectivity index is 1.91. The second-order valence-corrected chi connectivity index (χ2v) is 6.70. The number of nitrogens with zero attached hydrogens (tertiary/aromatic N) is 2. The Hall–Kier alpha value is -3.92. The molecule has 0 aliphatic heterocycles. The van der Waals surface area contributed by atoms with Gasteiger partial charge < -0.3 is 5.11 Å². The average Bonchev–Trinajstić information content (AvgIpc) is 2.74. The van der Waals surface area contributed by atoms with Crippen LogP contribution in [0.15, 0.2) is 89.7 Å². The second-order valence-electron chi connectivity index (χ2n) is 6.70. The van der Waals surface area contributed by atoms with Gasteiger partial charge in [-0.15, -0.1) is 0 Å². The summed E-state index contributed by atoms with van der Waals surface area (Å²) in [6.45, 7) is 1.94. The summed E-state index contributed by atoms with van der Waals surface area (Å²) < 4.78 is 1.99. The predicted octanol–water partition coefficient (Wildman–Crippen LogP) is 5.08. The van der Waals surface area contributed by atoms with Gasteiger partial charge in [0.25, 0.3) is 5.56 Å². The van der Waals surface area contributed by atoms with E-state index in [4.69, 9.17) is 0 Å². The predicted molar refractivity (Wildman–Crippen MR) is 117 cm³/mol. The van der Waals surface area contributed by atoms with Gasteiger partial charge in [0.05, 0.1) is 5.56 Å². The molecule has 0 saturated heterocycles. The first kappa shape index (κ1) is 18.4. The lowest BCUT2D eigenvalue weighted by molar-refractivity contribution is 0.475. The summed E-state index contributed by atoms with van der Waals surface area (Å²) in [7, 11) is 0. The van der Waals surface area contributed by atoms with Gasteiger partial charge in [-0.05, 0) is 48.4 Å². The lowest BCUT2D eigenvalue weighted by Crippen LogP contribution is -2.20. The van der Waals surface area contributed by atoms with Crippen LogP contribution < -0.4 is 5.56 Å². The van der Waals surface area contributed by atoms with Gasteiger partial charge >= 0.3 is 0 Å². The maximum atomic E-state index is 12.9. The third-order valence-electron chi connectivity index (χ3n) is 4.75. The average molecular weight is 380 g/mol. The molecule has 4 rings (SSSR count). The highest BCUT2D eigenvalue weighted by Gasteiger charge is 2.15. The van der Waals surface area contributed by atoms with Crippen molar-refractivity contribution >= 4 is 12.2 Å². The van der Waals surface area contributed by atoms with Crippen molar-refractivity contribution in [1.29, 1.82) is 0 Å². The van der Waals surface area contributed by atoms with Gasteiger partial charge in [0.15, 0.2) is 0 Å². The van der Waals surface area contributed by atoms with E-state index in [2.05, 4.69) is 4.98 Å². The molecule has 0 saturated carbocycles. The van der Waals surface area contributed by atoms with Gasteiger partial charge in [0, 0.05) is 11.4 Å². The Morgan fingerprint density at radius 1 is 0.828 bits per heavy atom. The fraction of sp³-hybridized carbons (Fsp3) is 0.0400. The largest absolute Gasteiger partial charge is 0.508 e. The molecule has 1 heterocycles. The summed E-state index contributed by atoms with van der Waals surface area (Å²) in [5.41, 5.74) is 3.85. The van der Waals surface area contributed by atoms with E-state index in [1.807, 2.05) is 96.4 Å². The molecule has 0 radical (unpaired) electrons. The molecular formula is C25H20N2O2. The van der Waals surface area contributed by atoms with E-state index in [-0.39, 0.29) is 11.3 Å². The fourth-order valence-electron chi connectivity index (χ4n) is 3.36. The number of phenolic OH excluding ortho intramolecular Hbond substituents is 1. The van der Waals surface area contributed by atoms with Gasteiger partial charge in [0.1, 0.15) is 11.6 Å². The summed E-state index contributed by atoms with van der Waals surface area (Å²) >= 11 is 0. The van der Waals surface area contributed by atoms with Crippen LogP contribution >= 0.6 is 0 Å². The maximum Gasteiger partial charge on any atom is 0.281 e. The van der Waals surface area contributed by atoms with Crippen LogP contribution in [0.4, 0.5) is 0 Å². The lowest BCUT2D eigenvalue weighted by atomic mass is 10.1. The van der Waals surface area contributed by atoms with E-state index in [0.29, 0.717) is 11.4 Å². The zero-order chi connectivity index (χ0) is 20.2. The van der Waals surface area contributed by atoms with E-state index in [1.54, 1.807) is 12.1 Å². The Bertz CT molecular complexity index is 1210. The monoisotopic (exact) mass is 380 g/mol. The molecule has 0 fully saturated rings. The molecule has 4 nitrogen and oxygen atoms in total. The minimum Gasteiger partial charge on any atom is -0.508 e. The molecule has 0 amide bonds. The first-order valence-electron chi connectivity index (χ1n) is 9.35. The van der Waals surface area contributed by atoms with Crippen LogP contribution in [0.2, 0.25) is 0 Å². The highest BCUT2D eigenvalue weighted by atomic mass is 16.3. The molecule has 0 aliphatic rings. The van der Waals surface area contributed by atoms with Crippen molar-refractivity contribution in [1.82, 2.24) is 9.55 Å². The summed E-state index contributed by atoms with van der Waals surface area (Å²) in [6.07, 6.45) is 3.70. The number of benzene rings is 3. The molecule has 0 atom stereocenters. The number of aromatic hydroxyl groups is 1. The standard InChI is InChI=1S/C25H20N2O2/c1-18-24(20-8-4-2-5-9-20)25(29)26-23(27(18)21-10-6-3-7-11-21)17-14-19-12-15-22(28)16-13-19/h2-17,28H,1H3. The van der Waals surface area contributed by atoms with Crippen molar-refractivity contribution in [3.8, 4) is 22.6 Å². The van der Waals surface area contributed by atoms with Crippen molar-refractivity contribution in [2.24, 2.45) is 0 Å². The zero-order valence-corrected chi connectivity index (χ0v) is 16.0. The van der Waals surface area contributed by atoms with Crippen LogP contribution in [0, 0.1) is 6.92 Å². The smallest absolute Gasteiger partial charge is 0.281 e. The van der Waals surface area contributed by atoms with E-state index < -0.39 is 0 Å². The van der Waals surface area contributed by atoms with E-state index >= 15 is 0 Å². The normalized spacial score (nSPS) is 11.1. The van der Waals surface area contributed by atoms with Crippen LogP contribution in [0.1, 0.15) is 17.1 Å². The SMILES string of the molecule is Cc1c(-c2ccccc2)c(=O)nc(C=Cc2ccc(O)cc2)n1-c1ccccc1. The Labute approximate surface area is 169 Å². The van der Waals surface area contributed by atoms with Gasteiger partial charge in [-0.1, -0.05) is 66.7 Å². The van der Waals surface area contributed by atoms with E-state index in [1.165, 1.54) is 0 Å². The number of rotatable bonds is 4. The van der Waals surface area contributed by atoms with Gasteiger partial charge in [0.2, 0.25) is 0 Å². The van der Waals surface area contributed by atoms with Crippen LogP contribution in [0.3, 0.4) is 0 Å². The van der Waals surface area contributed by atoms with Gasteiger partial charge in [-0.2, -0.15) is 4.98 Å². The molecule has 0 bridgehead atoms. The van der Waals surface area contributed by atoms with Crippen molar-refractivity contribution in [2.75, 3.05) is 0 Å². The van der Waals surface area contributed by atoms with Crippen molar-refractivity contribution in [3.05, 3.63) is 112 Å². The highest BCUT2D eigenvalue weighted by Crippen LogP contribution is 2.23. The Kier molecular flexibility index (Phi) is 5.08. The minimum atomic E-state index is -0.258. The molecule has 142 valence electrons. The summed E-state index contributed by atoms with van der Waals surface area (Å²) in [5, 5.41) is 9.46. The quantitative estimate of drug-likeness (QED) is 0.537. The van der Waals surface area contributed by atoms with Crippen LogP contribution in [0.25, 0.3) is 29.0 Å². The Morgan fingerprint density at radius 3 is 2.10 bits per heavy atom. The third kappa shape index (κ3) is 3.87. The summed E-state index contributed by atoms with van der Waals surface area (Å²) in [6, 6.07) is 26.3. The van der Waals surface area contributed by atoms with E-state index in [9.17, 15) is 9.90 Å². The van der Waals surface area contributed by atoms with Crippen LogP contribution in [-0.4, -0.2) is 14.7 Å². The zero-order valence-electron chi connectivity index (χ0n) is 16.0. The fourth-order valence-corrected chi connectivity index (χ4v) is 3.36. The lowest BCUT2D eigenvalue weighted by Gasteiger charge is -2.17. The third-order valence-corrected chi connectivity index (χ3v) is 4.75. The molecule has 4 aromatic rings. The number of phenols is 1. The number of para-hydroxylation sites is 1.